The summed E-state index contributed by atoms with van der Waals surface area (Å²) in [7, 11) is 4.64. The zero-order valence-corrected chi connectivity index (χ0v) is 11.4. The molecule has 0 N–H and O–H groups in total. The summed E-state index contributed by atoms with van der Waals surface area (Å²) in [6.07, 6.45) is 0. The number of hydrogen-bond acceptors (Lipinski definition) is 5. The van der Waals surface area contributed by atoms with E-state index in [-0.39, 0.29) is 5.69 Å². The second-order valence-electron chi connectivity index (χ2n) is 3.72. The molecular weight excluding hydrogens is 270 g/mol. The van der Waals surface area contributed by atoms with E-state index in [9.17, 15) is 4.79 Å². The minimum atomic E-state index is -0.643. The number of ether oxygens (including phenoxy) is 2. The van der Waals surface area contributed by atoms with Gasteiger partial charge in [0.1, 0.15) is 22.9 Å². The topological polar surface area (TPSA) is 66.2 Å². The summed E-state index contributed by atoms with van der Waals surface area (Å²) in [6, 6.07) is 5.27. The van der Waals surface area contributed by atoms with Crippen LogP contribution in [0.5, 0.6) is 11.5 Å². The van der Waals surface area contributed by atoms with E-state index in [0.29, 0.717) is 22.8 Å². The van der Waals surface area contributed by atoms with E-state index < -0.39 is 5.24 Å². The summed E-state index contributed by atoms with van der Waals surface area (Å²) in [4.78, 5) is 11.5. The van der Waals surface area contributed by atoms with E-state index in [1.807, 2.05) is 0 Å². The molecule has 0 saturated carbocycles. The lowest BCUT2D eigenvalue weighted by Gasteiger charge is -2.11. The van der Waals surface area contributed by atoms with Crippen LogP contribution in [-0.2, 0) is 7.05 Å². The maximum absolute atomic E-state index is 11.5. The summed E-state index contributed by atoms with van der Waals surface area (Å²) in [5.74, 6) is 1.05. The Hall–Kier alpha value is -2.08. The molecular formula is C12H12ClN3O3. The van der Waals surface area contributed by atoms with Gasteiger partial charge in [-0.1, -0.05) is 11.3 Å². The van der Waals surface area contributed by atoms with Gasteiger partial charge in [0.25, 0.3) is 5.24 Å². The molecule has 0 spiro atoms. The minimum Gasteiger partial charge on any atom is -0.496 e. The lowest BCUT2D eigenvalue weighted by Crippen LogP contribution is -2.03. The SMILES string of the molecule is COc1cccc(OC)c1-c1nnn(C)c1C(=O)Cl. The van der Waals surface area contributed by atoms with Gasteiger partial charge in [0, 0.05) is 7.05 Å². The second kappa shape index (κ2) is 5.27. The van der Waals surface area contributed by atoms with Crippen LogP contribution in [0.1, 0.15) is 10.5 Å². The maximum atomic E-state index is 11.5. The number of carbonyl (C=O) groups excluding carboxylic acids is 1. The summed E-state index contributed by atoms with van der Waals surface area (Å²) >= 11 is 5.57. The largest absolute Gasteiger partial charge is 0.496 e. The molecule has 19 heavy (non-hydrogen) atoms. The molecule has 0 fully saturated rings. The molecule has 2 rings (SSSR count). The number of nitrogens with zero attached hydrogens (tertiary/aromatic N) is 3. The third kappa shape index (κ3) is 2.26. The van der Waals surface area contributed by atoms with E-state index >= 15 is 0 Å². The maximum Gasteiger partial charge on any atom is 0.272 e. The van der Waals surface area contributed by atoms with Crippen LogP contribution < -0.4 is 9.47 Å². The van der Waals surface area contributed by atoms with Crippen molar-refractivity contribution in [3.05, 3.63) is 23.9 Å². The molecule has 0 amide bonds. The van der Waals surface area contributed by atoms with Crippen LogP contribution in [0.15, 0.2) is 18.2 Å². The van der Waals surface area contributed by atoms with Crippen LogP contribution >= 0.6 is 11.6 Å². The molecule has 0 atom stereocenters. The van der Waals surface area contributed by atoms with Crippen molar-refractivity contribution in [1.82, 2.24) is 15.0 Å². The molecule has 1 aromatic carbocycles. The number of aromatic nitrogens is 3. The Morgan fingerprint density at radius 2 is 1.84 bits per heavy atom. The van der Waals surface area contributed by atoms with Gasteiger partial charge in [0.15, 0.2) is 0 Å². The molecule has 0 aliphatic heterocycles. The quantitative estimate of drug-likeness (QED) is 0.801. The second-order valence-corrected chi connectivity index (χ2v) is 4.06. The first-order valence-electron chi connectivity index (χ1n) is 5.41. The summed E-state index contributed by atoms with van der Waals surface area (Å²) < 4.78 is 11.9. The Morgan fingerprint density at radius 3 is 2.32 bits per heavy atom. The van der Waals surface area contributed by atoms with Gasteiger partial charge < -0.3 is 9.47 Å². The first-order chi connectivity index (χ1) is 9.10. The average molecular weight is 282 g/mol. The third-order valence-electron chi connectivity index (χ3n) is 2.68. The molecule has 2 aromatic rings. The predicted molar refractivity (Wildman–Crippen MR) is 69.7 cm³/mol. The fourth-order valence-electron chi connectivity index (χ4n) is 1.83. The summed E-state index contributed by atoms with van der Waals surface area (Å²) in [5, 5.41) is 7.14. The van der Waals surface area contributed by atoms with Gasteiger partial charge in [0.05, 0.1) is 19.8 Å². The van der Waals surface area contributed by atoms with Crippen LogP contribution in [-0.4, -0.2) is 34.5 Å². The van der Waals surface area contributed by atoms with Gasteiger partial charge in [-0.25, -0.2) is 4.68 Å². The fraction of sp³-hybridized carbons (Fsp3) is 0.250. The summed E-state index contributed by atoms with van der Waals surface area (Å²) in [6.45, 7) is 0. The van der Waals surface area contributed by atoms with Crippen molar-refractivity contribution in [2.45, 2.75) is 0 Å². The Labute approximate surface area is 114 Å². The van der Waals surface area contributed by atoms with Crippen LogP contribution in [0.3, 0.4) is 0 Å². The smallest absolute Gasteiger partial charge is 0.272 e. The van der Waals surface area contributed by atoms with Crippen molar-refractivity contribution < 1.29 is 14.3 Å². The van der Waals surface area contributed by atoms with E-state index in [1.165, 1.54) is 18.9 Å². The summed E-state index contributed by atoms with van der Waals surface area (Å²) in [5.41, 5.74) is 1.06. The van der Waals surface area contributed by atoms with Crippen molar-refractivity contribution in [3.63, 3.8) is 0 Å². The van der Waals surface area contributed by atoms with E-state index in [0.717, 1.165) is 0 Å². The van der Waals surface area contributed by atoms with Gasteiger partial charge in [-0.15, -0.1) is 5.10 Å². The molecule has 100 valence electrons. The fourth-order valence-corrected chi connectivity index (χ4v) is 2.04. The molecule has 0 radical (unpaired) electrons. The zero-order chi connectivity index (χ0) is 14.0. The van der Waals surface area contributed by atoms with Crippen molar-refractivity contribution in [2.24, 2.45) is 7.05 Å². The van der Waals surface area contributed by atoms with Gasteiger partial charge in [-0.3, -0.25) is 4.79 Å². The zero-order valence-electron chi connectivity index (χ0n) is 10.7. The van der Waals surface area contributed by atoms with Crippen LogP contribution in [0.25, 0.3) is 11.3 Å². The number of rotatable bonds is 4. The molecule has 0 unspecified atom stereocenters. The van der Waals surface area contributed by atoms with E-state index in [1.54, 1.807) is 25.2 Å². The molecule has 6 nitrogen and oxygen atoms in total. The number of benzene rings is 1. The van der Waals surface area contributed by atoms with E-state index in [2.05, 4.69) is 10.3 Å². The standard InChI is InChI=1S/C12H12ClN3O3/c1-16-11(12(13)17)10(14-15-16)9-7(18-2)5-4-6-8(9)19-3/h4-6H,1-3H3. The number of aryl methyl sites for hydroxylation is 1. The van der Waals surface area contributed by atoms with Gasteiger partial charge >= 0.3 is 0 Å². The highest BCUT2D eigenvalue weighted by atomic mass is 35.5. The van der Waals surface area contributed by atoms with Crippen LogP contribution in [0, 0.1) is 0 Å². The Kier molecular flexibility index (Phi) is 3.71. The van der Waals surface area contributed by atoms with Crippen molar-refractivity contribution in [1.29, 1.82) is 0 Å². The van der Waals surface area contributed by atoms with Gasteiger partial charge in [-0.05, 0) is 23.7 Å². The lowest BCUT2D eigenvalue weighted by molar-refractivity contribution is 0.107. The number of hydrogen-bond donors (Lipinski definition) is 0. The third-order valence-corrected chi connectivity index (χ3v) is 2.86. The Morgan fingerprint density at radius 1 is 1.26 bits per heavy atom. The highest BCUT2D eigenvalue weighted by molar-refractivity contribution is 6.68. The monoisotopic (exact) mass is 281 g/mol. The first kappa shape index (κ1) is 13.4. The van der Waals surface area contributed by atoms with Crippen molar-refractivity contribution in [2.75, 3.05) is 14.2 Å². The molecule has 0 bridgehead atoms. The number of methoxy groups -OCH3 is 2. The molecule has 7 heteroatoms. The Balaban J connectivity index is 2.74. The molecule has 0 aliphatic rings. The van der Waals surface area contributed by atoms with Crippen molar-refractivity contribution >= 4 is 16.8 Å². The van der Waals surface area contributed by atoms with Crippen LogP contribution in [0.2, 0.25) is 0 Å². The van der Waals surface area contributed by atoms with Gasteiger partial charge in [0.2, 0.25) is 0 Å². The predicted octanol–water partition coefficient (Wildman–Crippen LogP) is 1.88. The Bertz CT molecular complexity index is 602. The van der Waals surface area contributed by atoms with Crippen molar-refractivity contribution in [3.8, 4) is 22.8 Å². The molecule has 0 aliphatic carbocycles. The lowest BCUT2D eigenvalue weighted by atomic mass is 10.1. The van der Waals surface area contributed by atoms with Gasteiger partial charge in [-0.2, -0.15) is 0 Å². The van der Waals surface area contributed by atoms with Crippen LogP contribution in [0.4, 0.5) is 0 Å². The molecule has 0 saturated heterocycles. The average Bonchev–Trinajstić information content (AvgIpc) is 2.79. The number of carbonyl (C=O) groups is 1. The highest BCUT2D eigenvalue weighted by Gasteiger charge is 2.24. The molecule has 1 heterocycles. The number of halogens is 1. The first-order valence-corrected chi connectivity index (χ1v) is 5.78. The van der Waals surface area contributed by atoms with E-state index in [4.69, 9.17) is 21.1 Å². The minimum absolute atomic E-state index is 0.185. The normalized spacial score (nSPS) is 10.3. The highest BCUT2D eigenvalue weighted by Crippen LogP contribution is 2.38. The molecule has 1 aromatic heterocycles.